The number of phenols is 2. The Bertz CT molecular complexity index is 3130. The largest absolute Gasteiger partial charge is 0.506 e. The van der Waals surface area contributed by atoms with Gasteiger partial charge in [-0.25, -0.2) is 0 Å². The molecular formula is C49H54N4O12S2. The van der Waals surface area contributed by atoms with E-state index in [0.29, 0.717) is 36.8 Å². The lowest BCUT2D eigenvalue weighted by Crippen LogP contribution is -2.25. The van der Waals surface area contributed by atoms with E-state index in [2.05, 4.69) is 80.6 Å². The van der Waals surface area contributed by atoms with Gasteiger partial charge in [-0.2, -0.15) is 21.9 Å². The monoisotopic (exact) mass is 954 g/mol. The molecule has 6 aromatic carbocycles. The summed E-state index contributed by atoms with van der Waals surface area (Å²) in [7, 11) is -9.99. The smallest absolute Gasteiger partial charge is 0.296 e. The van der Waals surface area contributed by atoms with Crippen molar-refractivity contribution in [3.63, 3.8) is 0 Å². The van der Waals surface area contributed by atoms with Gasteiger partial charge >= 0.3 is 0 Å². The second-order valence-electron chi connectivity index (χ2n) is 17.4. The van der Waals surface area contributed by atoms with E-state index in [1.165, 1.54) is 41.5 Å². The number of unbranched alkanes of at least 4 members (excludes halogenated alkanes) is 1. The van der Waals surface area contributed by atoms with Crippen LogP contribution < -0.4 is 20.1 Å². The van der Waals surface area contributed by atoms with Gasteiger partial charge in [0.2, 0.25) is 5.91 Å². The molecule has 0 aliphatic carbocycles. The third kappa shape index (κ3) is 11.3. The fourth-order valence-electron chi connectivity index (χ4n) is 7.30. The SMILES string of the molecule is CCC(C)(C)c1ccc(OCCCCNC(=O)c2cc(Oc3ccc(/N=N/c4c(S(=O)(=O)O)cc5cc(S(=O)(=O)O)cc(NC(C)=O)c5c4O)cc3)c3ccccc3c2O)c(C(C)(C)CC)c1. The number of hydrogen-bond acceptors (Lipinski definition) is 12. The Kier molecular flexibility index (Phi) is 14.7. The maximum atomic E-state index is 13.5. The number of nitrogens with one attached hydrogen (secondary N) is 2. The third-order valence-electron chi connectivity index (χ3n) is 11.9. The number of amides is 2. The first kappa shape index (κ1) is 49.8. The van der Waals surface area contributed by atoms with Gasteiger partial charge in [-0.05, 0) is 102 Å². The van der Waals surface area contributed by atoms with Crippen LogP contribution in [-0.2, 0) is 35.9 Å². The van der Waals surface area contributed by atoms with Crippen molar-refractivity contribution in [1.29, 1.82) is 0 Å². The van der Waals surface area contributed by atoms with Crippen LogP contribution in [0, 0.1) is 0 Å². The maximum absolute atomic E-state index is 13.5. The number of phenolic OH excluding ortho intramolecular Hbond substituents is 2. The molecule has 0 unspecified atom stereocenters. The third-order valence-corrected chi connectivity index (χ3v) is 13.6. The summed E-state index contributed by atoms with van der Waals surface area (Å²) in [5.74, 6) is -0.907. The van der Waals surface area contributed by atoms with Gasteiger partial charge in [0, 0.05) is 35.2 Å². The molecule has 0 aliphatic heterocycles. The molecule has 6 rings (SSSR count). The predicted octanol–water partition coefficient (Wildman–Crippen LogP) is 11.0. The second-order valence-corrected chi connectivity index (χ2v) is 20.2. The van der Waals surface area contributed by atoms with Crippen molar-refractivity contribution < 1.29 is 55.2 Å². The highest BCUT2D eigenvalue weighted by Gasteiger charge is 2.28. The van der Waals surface area contributed by atoms with Crippen molar-refractivity contribution in [3.8, 4) is 28.7 Å². The summed E-state index contributed by atoms with van der Waals surface area (Å²) in [6, 6.07) is 23.2. The quantitative estimate of drug-likeness (QED) is 0.0267. The number of anilines is 1. The highest BCUT2D eigenvalue weighted by atomic mass is 32.2. The van der Waals surface area contributed by atoms with Crippen molar-refractivity contribution in [1.82, 2.24) is 5.32 Å². The number of azo groups is 1. The molecule has 0 spiro atoms. The van der Waals surface area contributed by atoms with Crippen LogP contribution in [-0.4, -0.2) is 61.1 Å². The number of rotatable bonds is 18. The van der Waals surface area contributed by atoms with Crippen LogP contribution in [0.25, 0.3) is 21.5 Å². The van der Waals surface area contributed by atoms with E-state index in [9.17, 15) is 45.7 Å². The Balaban J connectivity index is 1.17. The fourth-order valence-corrected chi connectivity index (χ4v) is 8.50. The number of aromatic hydroxyl groups is 2. The summed E-state index contributed by atoms with van der Waals surface area (Å²) in [5, 5.41) is 36.0. The number of hydrogen-bond donors (Lipinski definition) is 6. The topological polar surface area (TPSA) is 251 Å². The Morgan fingerprint density at radius 1 is 0.731 bits per heavy atom. The molecular weight excluding hydrogens is 901 g/mol. The van der Waals surface area contributed by atoms with Gasteiger partial charge < -0.3 is 30.3 Å². The summed E-state index contributed by atoms with van der Waals surface area (Å²) in [4.78, 5) is 23.8. The number of carbonyl (C=O) groups is 2. The van der Waals surface area contributed by atoms with Gasteiger partial charge in [-0.1, -0.05) is 77.9 Å². The zero-order valence-corrected chi connectivity index (χ0v) is 39.8. The van der Waals surface area contributed by atoms with E-state index in [4.69, 9.17) is 9.47 Å². The van der Waals surface area contributed by atoms with Gasteiger partial charge in [0.05, 0.1) is 28.4 Å². The second kappa shape index (κ2) is 19.7. The number of benzene rings is 6. The van der Waals surface area contributed by atoms with Crippen molar-refractivity contribution in [2.24, 2.45) is 10.2 Å². The van der Waals surface area contributed by atoms with E-state index < -0.39 is 53.3 Å². The zero-order valence-electron chi connectivity index (χ0n) is 38.2. The molecule has 6 aromatic rings. The number of nitrogens with zero attached hydrogens (tertiary/aromatic N) is 2. The van der Waals surface area contributed by atoms with Crippen LogP contribution >= 0.6 is 0 Å². The Labute approximate surface area is 389 Å². The fraction of sp³-hybridized carbons (Fsp3) is 0.306. The molecule has 354 valence electrons. The molecule has 0 aliphatic rings. The van der Waals surface area contributed by atoms with Crippen LogP contribution in [0.1, 0.15) is 95.6 Å². The number of carbonyl (C=O) groups excluding carboxylic acids is 2. The average molecular weight is 955 g/mol. The minimum atomic E-state index is -5.12. The van der Waals surface area contributed by atoms with Crippen LogP contribution in [0.4, 0.5) is 17.1 Å². The van der Waals surface area contributed by atoms with Crippen LogP contribution in [0.3, 0.4) is 0 Å². The molecule has 67 heavy (non-hydrogen) atoms. The van der Waals surface area contributed by atoms with E-state index in [1.54, 1.807) is 24.3 Å². The lowest BCUT2D eigenvalue weighted by Gasteiger charge is -2.30. The molecule has 0 heterocycles. The molecule has 0 fully saturated rings. The first-order chi connectivity index (χ1) is 31.4. The molecule has 2 amide bonds. The molecule has 0 saturated heterocycles. The summed E-state index contributed by atoms with van der Waals surface area (Å²) in [5.41, 5.74) is 1.49. The number of fused-ring (bicyclic) bond motifs is 2. The van der Waals surface area contributed by atoms with Gasteiger partial charge in [0.15, 0.2) is 5.75 Å². The zero-order chi connectivity index (χ0) is 49.1. The van der Waals surface area contributed by atoms with Crippen molar-refractivity contribution >= 4 is 70.7 Å². The molecule has 0 radical (unpaired) electrons. The maximum Gasteiger partial charge on any atom is 0.296 e. The normalized spacial score (nSPS) is 12.4. The first-order valence-corrected chi connectivity index (χ1v) is 24.4. The lowest BCUT2D eigenvalue weighted by atomic mass is 9.76. The molecule has 0 saturated carbocycles. The van der Waals surface area contributed by atoms with Crippen molar-refractivity contribution in [3.05, 3.63) is 108 Å². The van der Waals surface area contributed by atoms with Crippen LogP contribution in [0.5, 0.6) is 28.7 Å². The Hall–Kier alpha value is -6.60. The lowest BCUT2D eigenvalue weighted by molar-refractivity contribution is -0.114. The standard InChI is InChI=1S/C49H54N4O12S2/c1-8-48(4,5)31-16-21-40(38(26-31)49(6,7)9-2)64-23-13-12-22-50-47(57)37-28-41(35-14-10-11-15-36(35)45(37)55)65-33-19-17-32(18-20-33)52-53-44-42(67(61,62)63)25-30-24-34(66(58,59)60)27-39(51-29(3)54)43(30)46(44)56/h10-11,14-21,24-28,55-56H,8-9,12-13,22-23H2,1-7H3,(H,50,57)(H,51,54)(H,58,59,60)(H,61,62,63)/b53-52+. The van der Waals surface area contributed by atoms with Gasteiger partial charge in [0.25, 0.3) is 26.1 Å². The Morgan fingerprint density at radius 2 is 1.40 bits per heavy atom. The molecule has 6 N–H and O–H groups in total. The number of ether oxygens (including phenoxy) is 2. The summed E-state index contributed by atoms with van der Waals surface area (Å²) >= 11 is 0. The molecule has 0 bridgehead atoms. The van der Waals surface area contributed by atoms with Crippen LogP contribution in [0.15, 0.2) is 111 Å². The summed E-state index contributed by atoms with van der Waals surface area (Å²) in [6.45, 7) is 15.2. The Morgan fingerprint density at radius 3 is 2.03 bits per heavy atom. The van der Waals surface area contributed by atoms with Gasteiger partial charge in [-0.15, -0.1) is 5.11 Å². The minimum Gasteiger partial charge on any atom is -0.506 e. The molecule has 0 atom stereocenters. The van der Waals surface area contributed by atoms with Crippen LogP contribution in [0.2, 0.25) is 0 Å². The van der Waals surface area contributed by atoms with Gasteiger partial charge in [0.1, 0.15) is 33.6 Å². The van der Waals surface area contributed by atoms with Crippen molar-refractivity contribution in [2.45, 2.75) is 94.8 Å². The molecule has 16 nitrogen and oxygen atoms in total. The van der Waals surface area contributed by atoms with Gasteiger partial charge in [-0.3, -0.25) is 18.7 Å². The highest BCUT2D eigenvalue weighted by Crippen LogP contribution is 2.46. The van der Waals surface area contributed by atoms with E-state index in [0.717, 1.165) is 43.7 Å². The summed E-state index contributed by atoms with van der Waals surface area (Å²) in [6.07, 6.45) is 3.26. The van der Waals surface area contributed by atoms with E-state index >= 15 is 0 Å². The minimum absolute atomic E-state index is 0.00222. The van der Waals surface area contributed by atoms with E-state index in [1.807, 2.05) is 0 Å². The summed E-state index contributed by atoms with van der Waals surface area (Å²) < 4.78 is 81.0. The molecule has 18 heteroatoms. The molecule has 0 aromatic heterocycles. The van der Waals surface area contributed by atoms with Crippen molar-refractivity contribution in [2.75, 3.05) is 18.5 Å². The van der Waals surface area contributed by atoms with E-state index in [-0.39, 0.29) is 55.8 Å². The predicted molar refractivity (Wildman–Crippen MR) is 256 cm³/mol. The first-order valence-electron chi connectivity index (χ1n) is 21.5. The highest BCUT2D eigenvalue weighted by molar-refractivity contribution is 7.86. The average Bonchev–Trinajstić information content (AvgIpc) is 3.27.